The maximum absolute atomic E-state index is 11.5. The number of ether oxygens (including phenoxy) is 1. The second-order valence-corrected chi connectivity index (χ2v) is 5.08. The highest BCUT2D eigenvalue weighted by Crippen LogP contribution is 2.35. The predicted octanol–water partition coefficient (Wildman–Crippen LogP) is 4.26. The van der Waals surface area contributed by atoms with E-state index >= 15 is 0 Å². The van der Waals surface area contributed by atoms with Gasteiger partial charge in [0.2, 0.25) is 5.75 Å². The first kappa shape index (κ1) is 15.9. The standard InChI is InChI=1S/C11H8BrCl2NO4/c1-6(16)9-2-7(12)3-10(15(17)18)11(9)19-5-8(14)4-13/h2-4H,5H2,1H3/b8-4-. The number of nitro groups is 1. The highest BCUT2D eigenvalue weighted by molar-refractivity contribution is 9.10. The summed E-state index contributed by atoms with van der Waals surface area (Å²) in [4.78, 5) is 21.9. The molecule has 0 aliphatic rings. The van der Waals surface area contributed by atoms with Gasteiger partial charge in [0.25, 0.3) is 0 Å². The maximum atomic E-state index is 11.5. The molecule has 0 N–H and O–H groups in total. The van der Waals surface area contributed by atoms with Gasteiger partial charge in [-0.2, -0.15) is 0 Å². The Hall–Kier alpha value is -1.11. The van der Waals surface area contributed by atoms with Gasteiger partial charge in [-0.15, -0.1) is 0 Å². The Balaban J connectivity index is 3.31. The third-order valence-corrected chi connectivity index (χ3v) is 3.13. The highest BCUT2D eigenvalue weighted by atomic mass is 79.9. The van der Waals surface area contributed by atoms with Crippen molar-refractivity contribution in [2.24, 2.45) is 0 Å². The largest absolute Gasteiger partial charge is 0.480 e. The van der Waals surface area contributed by atoms with Crippen LogP contribution in [0.25, 0.3) is 0 Å². The minimum atomic E-state index is -0.634. The Morgan fingerprint density at radius 1 is 1.58 bits per heavy atom. The number of hydrogen-bond acceptors (Lipinski definition) is 4. The third kappa shape index (κ3) is 4.19. The molecule has 0 atom stereocenters. The van der Waals surface area contributed by atoms with E-state index < -0.39 is 4.92 Å². The van der Waals surface area contributed by atoms with Gasteiger partial charge in [-0.05, 0) is 13.0 Å². The summed E-state index contributed by atoms with van der Waals surface area (Å²) in [6, 6.07) is 2.70. The third-order valence-electron chi connectivity index (χ3n) is 2.08. The zero-order chi connectivity index (χ0) is 14.6. The van der Waals surface area contributed by atoms with Gasteiger partial charge >= 0.3 is 5.69 Å². The Morgan fingerprint density at radius 2 is 2.21 bits per heavy atom. The van der Waals surface area contributed by atoms with E-state index in [9.17, 15) is 14.9 Å². The number of nitro benzene ring substituents is 1. The zero-order valence-corrected chi connectivity index (χ0v) is 12.8. The van der Waals surface area contributed by atoms with Crippen LogP contribution in [0, 0.1) is 10.1 Å². The fourth-order valence-electron chi connectivity index (χ4n) is 1.30. The van der Waals surface area contributed by atoms with E-state index in [2.05, 4.69) is 15.9 Å². The quantitative estimate of drug-likeness (QED) is 0.442. The van der Waals surface area contributed by atoms with Gasteiger partial charge in [-0.3, -0.25) is 14.9 Å². The first-order chi connectivity index (χ1) is 8.86. The summed E-state index contributed by atoms with van der Waals surface area (Å²) in [5, 5.41) is 11.1. The zero-order valence-electron chi connectivity index (χ0n) is 9.65. The first-order valence-electron chi connectivity index (χ1n) is 4.93. The van der Waals surface area contributed by atoms with Crippen molar-refractivity contribution < 1.29 is 14.5 Å². The van der Waals surface area contributed by atoms with Crippen molar-refractivity contribution in [3.8, 4) is 5.75 Å². The molecule has 19 heavy (non-hydrogen) atoms. The summed E-state index contributed by atoms with van der Waals surface area (Å²) in [6.45, 7) is 1.13. The molecule has 0 heterocycles. The molecular weight excluding hydrogens is 361 g/mol. The lowest BCUT2D eigenvalue weighted by Gasteiger charge is -2.10. The van der Waals surface area contributed by atoms with Gasteiger partial charge in [0.15, 0.2) is 5.78 Å². The fourth-order valence-corrected chi connectivity index (χ4v) is 1.86. The summed E-state index contributed by atoms with van der Waals surface area (Å²) in [7, 11) is 0. The van der Waals surface area contributed by atoms with Crippen LogP contribution in [0.4, 0.5) is 5.69 Å². The number of halogens is 3. The normalized spacial score (nSPS) is 11.3. The molecule has 102 valence electrons. The van der Waals surface area contributed by atoms with Gasteiger partial charge in [0.05, 0.1) is 15.5 Å². The van der Waals surface area contributed by atoms with E-state index in [0.717, 1.165) is 5.54 Å². The number of hydrogen-bond donors (Lipinski definition) is 0. The Bertz CT molecular complexity index is 525. The summed E-state index contributed by atoms with van der Waals surface area (Å²) in [5.74, 6) is -0.484. The minimum Gasteiger partial charge on any atom is -0.480 e. The van der Waals surface area contributed by atoms with Gasteiger partial charge in [-0.1, -0.05) is 39.1 Å². The van der Waals surface area contributed by atoms with Crippen molar-refractivity contribution in [2.45, 2.75) is 6.92 Å². The van der Waals surface area contributed by atoms with Crippen LogP contribution in [0.1, 0.15) is 17.3 Å². The van der Waals surface area contributed by atoms with Gasteiger partial charge in [0.1, 0.15) is 6.61 Å². The van der Waals surface area contributed by atoms with Crippen molar-refractivity contribution in [1.82, 2.24) is 0 Å². The monoisotopic (exact) mass is 367 g/mol. The number of ketones is 1. The van der Waals surface area contributed by atoms with E-state index in [1.54, 1.807) is 0 Å². The SMILES string of the molecule is CC(=O)c1cc(Br)cc([N+](=O)[O-])c1OC/C(Cl)=C/Cl. The van der Waals surface area contributed by atoms with Crippen LogP contribution in [0.3, 0.4) is 0 Å². The van der Waals surface area contributed by atoms with E-state index in [-0.39, 0.29) is 34.4 Å². The summed E-state index contributed by atoms with van der Waals surface area (Å²) < 4.78 is 5.64. The molecule has 1 aromatic rings. The van der Waals surface area contributed by atoms with Gasteiger partial charge in [0, 0.05) is 16.1 Å². The molecule has 0 bridgehead atoms. The van der Waals surface area contributed by atoms with E-state index in [4.69, 9.17) is 27.9 Å². The Kier molecular flexibility index (Phi) is 5.78. The molecular formula is C11H8BrCl2NO4. The van der Waals surface area contributed by atoms with E-state index in [0.29, 0.717) is 4.47 Å². The van der Waals surface area contributed by atoms with Crippen LogP contribution >= 0.6 is 39.1 Å². The number of Topliss-reactive ketones (excluding diaryl/α,β-unsaturated/α-hetero) is 1. The molecule has 0 amide bonds. The number of rotatable bonds is 5. The van der Waals surface area contributed by atoms with Gasteiger partial charge in [-0.25, -0.2) is 0 Å². The molecule has 5 nitrogen and oxygen atoms in total. The summed E-state index contributed by atoms with van der Waals surface area (Å²) >= 11 is 14.1. The fraction of sp³-hybridized carbons (Fsp3) is 0.182. The van der Waals surface area contributed by atoms with Crippen LogP contribution in [-0.4, -0.2) is 17.3 Å². The van der Waals surface area contributed by atoms with Crippen LogP contribution in [0.5, 0.6) is 5.75 Å². The lowest BCUT2D eigenvalue weighted by molar-refractivity contribution is -0.385. The lowest BCUT2D eigenvalue weighted by Crippen LogP contribution is -2.06. The number of benzene rings is 1. The van der Waals surface area contributed by atoms with E-state index in [1.165, 1.54) is 19.1 Å². The molecule has 0 aromatic heterocycles. The second-order valence-electron chi connectivity index (χ2n) is 3.46. The molecule has 0 unspecified atom stereocenters. The first-order valence-corrected chi connectivity index (χ1v) is 6.54. The minimum absolute atomic E-state index is 0.0973. The molecule has 0 spiro atoms. The molecule has 0 radical (unpaired) electrons. The van der Waals surface area contributed by atoms with Crippen molar-refractivity contribution >= 4 is 50.6 Å². The molecule has 1 rings (SSSR count). The van der Waals surface area contributed by atoms with Crippen LogP contribution in [-0.2, 0) is 0 Å². The number of carbonyl (C=O) groups excluding carboxylic acids is 1. The molecule has 0 aliphatic heterocycles. The van der Waals surface area contributed by atoms with Gasteiger partial charge < -0.3 is 4.74 Å². The topological polar surface area (TPSA) is 69.4 Å². The van der Waals surface area contributed by atoms with Crippen LogP contribution < -0.4 is 4.74 Å². The average molecular weight is 369 g/mol. The van der Waals surface area contributed by atoms with Crippen LogP contribution in [0.2, 0.25) is 0 Å². The predicted molar refractivity (Wildman–Crippen MR) is 76.1 cm³/mol. The Labute approximate surface area is 127 Å². The van der Waals surface area contributed by atoms with Crippen molar-refractivity contribution in [1.29, 1.82) is 0 Å². The van der Waals surface area contributed by atoms with E-state index in [1.807, 2.05) is 0 Å². The molecule has 1 aromatic carbocycles. The molecule has 0 aliphatic carbocycles. The smallest absolute Gasteiger partial charge is 0.312 e. The van der Waals surface area contributed by atoms with Crippen molar-refractivity contribution in [3.05, 3.63) is 42.9 Å². The molecule has 0 saturated heterocycles. The van der Waals surface area contributed by atoms with Crippen molar-refractivity contribution in [3.63, 3.8) is 0 Å². The lowest BCUT2D eigenvalue weighted by atomic mass is 10.1. The number of carbonyl (C=O) groups is 1. The maximum Gasteiger partial charge on any atom is 0.312 e. The second kappa shape index (κ2) is 6.88. The number of nitrogens with zero attached hydrogens (tertiary/aromatic N) is 1. The van der Waals surface area contributed by atoms with Crippen LogP contribution in [0.15, 0.2) is 27.2 Å². The molecule has 8 heteroatoms. The highest BCUT2D eigenvalue weighted by Gasteiger charge is 2.23. The van der Waals surface area contributed by atoms with Crippen molar-refractivity contribution in [2.75, 3.05) is 6.61 Å². The summed E-state index contributed by atoms with van der Waals surface area (Å²) in [5.41, 5.74) is 0.860. The molecule has 0 saturated carbocycles. The Morgan fingerprint density at radius 3 is 2.68 bits per heavy atom. The molecule has 0 fully saturated rings. The average Bonchev–Trinajstić information content (AvgIpc) is 2.35. The summed E-state index contributed by atoms with van der Waals surface area (Å²) in [6.07, 6.45) is 0.